The van der Waals surface area contributed by atoms with Crippen molar-refractivity contribution < 1.29 is 19.1 Å². The number of aryl methyl sites for hydroxylation is 1. The van der Waals surface area contributed by atoms with Crippen molar-refractivity contribution in [3.8, 4) is 5.75 Å². The molecule has 2 amide bonds. The fourth-order valence-corrected chi connectivity index (χ4v) is 4.52. The number of nitrogens with one attached hydrogen (secondary N) is 1. The topological polar surface area (TPSA) is 91.6 Å². The monoisotopic (exact) mass is 427 g/mol. The quantitative estimate of drug-likeness (QED) is 0.788. The minimum absolute atomic E-state index is 0.00980. The molecule has 2 aliphatic heterocycles. The fraction of sp³-hybridized carbons (Fsp3) is 0.435. The van der Waals surface area contributed by atoms with Crippen LogP contribution in [0.1, 0.15) is 64.7 Å². The van der Waals surface area contributed by atoms with Crippen molar-refractivity contribution in [1.82, 2.24) is 14.8 Å². The smallest absolute Gasteiger partial charge is 0.274 e. The number of halogens is 1. The first-order valence-electron chi connectivity index (χ1n) is 10.5. The molecule has 1 saturated heterocycles. The van der Waals surface area contributed by atoms with Gasteiger partial charge in [-0.3, -0.25) is 14.4 Å². The lowest BCUT2D eigenvalue weighted by Crippen LogP contribution is -2.48. The molecule has 2 aromatic rings. The lowest BCUT2D eigenvalue weighted by molar-refractivity contribution is 0.0591. The molecule has 2 N–H and O–H groups in total. The normalized spacial score (nSPS) is 22.6. The van der Waals surface area contributed by atoms with E-state index in [1.807, 2.05) is 6.92 Å². The van der Waals surface area contributed by atoms with Gasteiger partial charge in [-0.15, -0.1) is 0 Å². The average molecular weight is 427 g/mol. The Bertz CT molecular complexity index is 1130. The highest BCUT2D eigenvalue weighted by atomic mass is 19.1. The summed E-state index contributed by atoms with van der Waals surface area (Å²) in [5.41, 5.74) is -0.182. The zero-order valence-corrected chi connectivity index (χ0v) is 17.8. The van der Waals surface area contributed by atoms with Gasteiger partial charge in [-0.05, 0) is 44.2 Å². The number of pyridine rings is 1. The van der Waals surface area contributed by atoms with E-state index in [9.17, 15) is 23.9 Å². The number of amides is 2. The highest BCUT2D eigenvalue weighted by molar-refractivity contribution is 5.99. The van der Waals surface area contributed by atoms with E-state index in [1.165, 1.54) is 12.3 Å². The molecule has 31 heavy (non-hydrogen) atoms. The maximum absolute atomic E-state index is 14.1. The number of fused-ring (bicyclic) bond motifs is 4. The van der Waals surface area contributed by atoms with Gasteiger partial charge in [0.1, 0.15) is 11.4 Å². The Morgan fingerprint density at radius 3 is 2.71 bits per heavy atom. The summed E-state index contributed by atoms with van der Waals surface area (Å²) in [5.74, 6) is -2.09. The summed E-state index contributed by atoms with van der Waals surface area (Å²) in [6, 6.07) is 4.54. The van der Waals surface area contributed by atoms with Gasteiger partial charge in [-0.1, -0.05) is 19.1 Å². The first-order chi connectivity index (χ1) is 14.7. The Morgan fingerprint density at radius 2 is 2.00 bits per heavy atom. The van der Waals surface area contributed by atoms with Crippen molar-refractivity contribution in [2.45, 2.75) is 52.2 Å². The van der Waals surface area contributed by atoms with Crippen LogP contribution in [0.4, 0.5) is 4.39 Å². The molecule has 0 radical (unpaired) electrons. The summed E-state index contributed by atoms with van der Waals surface area (Å²) < 4.78 is 15.7. The van der Waals surface area contributed by atoms with Crippen molar-refractivity contribution in [2.24, 2.45) is 5.92 Å². The van der Waals surface area contributed by atoms with Crippen molar-refractivity contribution in [3.63, 3.8) is 0 Å². The van der Waals surface area contributed by atoms with Crippen molar-refractivity contribution in [1.29, 1.82) is 0 Å². The summed E-state index contributed by atoms with van der Waals surface area (Å²) in [6.07, 6.45) is 3.08. The number of hydrogen-bond acceptors (Lipinski definition) is 4. The van der Waals surface area contributed by atoms with Gasteiger partial charge in [-0.25, -0.2) is 4.39 Å². The molecule has 0 aliphatic carbocycles. The first-order valence-corrected chi connectivity index (χ1v) is 10.5. The Kier molecular flexibility index (Phi) is 5.33. The third-order valence-corrected chi connectivity index (χ3v) is 6.54. The van der Waals surface area contributed by atoms with E-state index in [-0.39, 0.29) is 35.8 Å². The minimum atomic E-state index is -0.901. The number of carbonyl (C=O) groups is 2. The third kappa shape index (κ3) is 3.60. The summed E-state index contributed by atoms with van der Waals surface area (Å²) in [5, 5.41) is 13.2. The molecule has 1 aromatic carbocycles. The van der Waals surface area contributed by atoms with E-state index < -0.39 is 28.8 Å². The Hall–Kier alpha value is -3.16. The van der Waals surface area contributed by atoms with Gasteiger partial charge in [0.15, 0.2) is 11.4 Å². The summed E-state index contributed by atoms with van der Waals surface area (Å²) in [4.78, 5) is 40.2. The van der Waals surface area contributed by atoms with Crippen LogP contribution in [-0.4, -0.2) is 39.0 Å². The Morgan fingerprint density at radius 1 is 1.26 bits per heavy atom. The average Bonchev–Trinajstić information content (AvgIpc) is 2.85. The highest BCUT2D eigenvalue weighted by Gasteiger charge is 2.41. The molecular formula is C23H26FN3O4. The van der Waals surface area contributed by atoms with E-state index in [4.69, 9.17) is 0 Å². The molecule has 3 atom stereocenters. The number of rotatable bonds is 3. The van der Waals surface area contributed by atoms with Crippen LogP contribution < -0.4 is 10.7 Å². The SMILES string of the molecule is Cc1ccc(CNC(=O)c2cn3c(c(O)c2=O)C(=O)N2C[C@@H]3[C@@H](C)CC[C@@H]2C)c(F)c1. The number of aromatic hydroxyl groups is 1. The summed E-state index contributed by atoms with van der Waals surface area (Å²) >= 11 is 0. The van der Waals surface area contributed by atoms with Crippen LogP contribution in [0, 0.1) is 18.7 Å². The Labute approximate surface area is 179 Å². The first kappa shape index (κ1) is 21.1. The maximum Gasteiger partial charge on any atom is 0.274 e. The van der Waals surface area contributed by atoms with Crippen LogP contribution in [0.2, 0.25) is 0 Å². The predicted octanol–water partition coefficient (Wildman–Crippen LogP) is 2.75. The fourth-order valence-electron chi connectivity index (χ4n) is 4.52. The predicted molar refractivity (Wildman–Crippen MR) is 113 cm³/mol. The molecule has 1 aromatic heterocycles. The number of nitrogens with zero attached hydrogens (tertiary/aromatic N) is 2. The summed E-state index contributed by atoms with van der Waals surface area (Å²) in [7, 11) is 0. The molecule has 0 unspecified atom stereocenters. The van der Waals surface area contributed by atoms with Gasteiger partial charge in [0, 0.05) is 30.9 Å². The second-order valence-corrected chi connectivity index (χ2v) is 8.68. The largest absolute Gasteiger partial charge is 0.503 e. The van der Waals surface area contributed by atoms with Crippen molar-refractivity contribution in [2.75, 3.05) is 6.54 Å². The molecule has 7 nitrogen and oxygen atoms in total. The number of hydrogen-bond donors (Lipinski definition) is 2. The van der Waals surface area contributed by atoms with E-state index in [1.54, 1.807) is 28.5 Å². The second-order valence-electron chi connectivity index (χ2n) is 8.68. The lowest BCUT2D eigenvalue weighted by Gasteiger charge is -2.38. The van der Waals surface area contributed by atoms with Gasteiger partial charge in [0.2, 0.25) is 5.43 Å². The zero-order chi connectivity index (χ0) is 22.4. The van der Waals surface area contributed by atoms with Crippen LogP contribution in [0.25, 0.3) is 0 Å². The standard InChI is InChI=1S/C23H26FN3O4/c1-12-4-7-15(17(24)8-12)9-25-22(30)16-10-27-18-11-26(14(3)6-5-13(18)2)23(31)19(27)21(29)20(16)28/h4,7-8,10,13-14,18,29H,5-6,9,11H2,1-3H3,(H,25,30)/t13-,14-,18+/m0/s1. The molecular weight excluding hydrogens is 401 g/mol. The van der Waals surface area contributed by atoms with Gasteiger partial charge in [0.25, 0.3) is 11.8 Å². The van der Waals surface area contributed by atoms with Gasteiger partial charge >= 0.3 is 0 Å². The van der Waals surface area contributed by atoms with E-state index in [0.29, 0.717) is 12.1 Å². The number of benzene rings is 1. The molecule has 0 saturated carbocycles. The van der Waals surface area contributed by atoms with Gasteiger partial charge < -0.3 is 19.9 Å². The minimum Gasteiger partial charge on any atom is -0.503 e. The second kappa shape index (κ2) is 7.83. The van der Waals surface area contributed by atoms with Crippen LogP contribution in [0.3, 0.4) is 0 Å². The van der Waals surface area contributed by atoms with Crippen molar-refractivity contribution >= 4 is 11.8 Å². The molecule has 3 heterocycles. The Balaban J connectivity index is 1.69. The molecule has 164 valence electrons. The molecule has 2 aliphatic rings. The molecule has 1 fully saturated rings. The van der Waals surface area contributed by atoms with Crippen LogP contribution in [0.15, 0.2) is 29.2 Å². The molecule has 8 heteroatoms. The molecule has 0 spiro atoms. The van der Waals surface area contributed by atoms with E-state index in [0.717, 1.165) is 18.4 Å². The lowest BCUT2D eigenvalue weighted by atomic mass is 9.95. The van der Waals surface area contributed by atoms with Crippen LogP contribution >= 0.6 is 0 Å². The van der Waals surface area contributed by atoms with Gasteiger partial charge in [0.05, 0.1) is 6.04 Å². The number of aromatic nitrogens is 1. The van der Waals surface area contributed by atoms with E-state index in [2.05, 4.69) is 12.2 Å². The van der Waals surface area contributed by atoms with Crippen LogP contribution in [-0.2, 0) is 6.54 Å². The van der Waals surface area contributed by atoms with Gasteiger partial charge in [-0.2, -0.15) is 0 Å². The maximum atomic E-state index is 14.1. The zero-order valence-electron chi connectivity index (χ0n) is 17.8. The summed E-state index contributed by atoms with van der Waals surface area (Å²) in [6.45, 7) is 6.16. The molecule has 4 rings (SSSR count). The third-order valence-electron chi connectivity index (χ3n) is 6.54. The van der Waals surface area contributed by atoms with Crippen LogP contribution in [0.5, 0.6) is 5.75 Å². The highest BCUT2D eigenvalue weighted by Crippen LogP contribution is 2.37. The van der Waals surface area contributed by atoms with E-state index >= 15 is 0 Å². The number of carbonyl (C=O) groups excluding carboxylic acids is 2. The molecule has 2 bridgehead atoms. The van der Waals surface area contributed by atoms with Crippen molar-refractivity contribution in [3.05, 3.63) is 62.8 Å².